The van der Waals surface area contributed by atoms with Gasteiger partial charge in [0.2, 0.25) is 0 Å². The minimum absolute atomic E-state index is 0.760. The Balaban J connectivity index is 1.03. The Morgan fingerprint density at radius 1 is 0.389 bits per heavy atom. The molecule has 0 N–H and O–H groups in total. The van der Waals surface area contributed by atoms with E-state index < -0.39 is 0 Å². The molecule has 54 heavy (non-hydrogen) atoms. The molecule has 0 atom stereocenters. The van der Waals surface area contributed by atoms with Crippen molar-refractivity contribution in [3.05, 3.63) is 199 Å². The number of benzene rings is 9. The van der Waals surface area contributed by atoms with Gasteiger partial charge in [0, 0.05) is 12.1 Å². The summed E-state index contributed by atoms with van der Waals surface area (Å²) >= 11 is 0. The second-order valence-corrected chi connectivity index (χ2v) is 14.5. The van der Waals surface area contributed by atoms with Gasteiger partial charge in [-0.3, -0.25) is 0 Å². The van der Waals surface area contributed by atoms with Crippen LogP contribution in [0.25, 0.3) is 88.1 Å². The molecule has 10 aromatic rings. The number of fused-ring (bicyclic) bond motifs is 6. The molecule has 0 radical (unpaired) electrons. The van der Waals surface area contributed by atoms with Crippen LogP contribution >= 0.6 is 0 Å². The summed E-state index contributed by atoms with van der Waals surface area (Å²) in [7, 11) is 0. The standard InChI is InChI=1S/C52H36N2/c1-2-16-35(17-3-1)52-53-48-27-12-13-28-49(48)54(52)33-36-18-5-4-15-34(36)29-30-41-39-21-8-10-23-42(39)50(43-24-11-9-22-40(41)43)47-32-31-46-38-20-7-6-19-37(38)44-25-14-26-45(47)51(44)46/h1-28,31-32H,29-30,33H2. The Labute approximate surface area is 314 Å². The summed E-state index contributed by atoms with van der Waals surface area (Å²) in [6.45, 7) is 0.760. The van der Waals surface area contributed by atoms with Crippen LogP contribution in [0.1, 0.15) is 16.7 Å². The van der Waals surface area contributed by atoms with Gasteiger partial charge >= 0.3 is 0 Å². The number of aromatic nitrogens is 2. The highest BCUT2D eigenvalue weighted by molar-refractivity contribution is 6.23. The van der Waals surface area contributed by atoms with Gasteiger partial charge in [-0.2, -0.15) is 0 Å². The van der Waals surface area contributed by atoms with Gasteiger partial charge in [-0.15, -0.1) is 0 Å². The van der Waals surface area contributed by atoms with Gasteiger partial charge in [0.05, 0.1) is 11.0 Å². The second-order valence-electron chi connectivity index (χ2n) is 14.5. The monoisotopic (exact) mass is 688 g/mol. The molecule has 1 aliphatic carbocycles. The molecule has 254 valence electrons. The van der Waals surface area contributed by atoms with Crippen LogP contribution in [-0.2, 0) is 19.4 Å². The van der Waals surface area contributed by atoms with Gasteiger partial charge < -0.3 is 4.57 Å². The normalized spacial score (nSPS) is 11.9. The summed E-state index contributed by atoms with van der Waals surface area (Å²) in [4.78, 5) is 5.11. The molecule has 1 aromatic heterocycles. The maximum Gasteiger partial charge on any atom is 0.141 e. The third kappa shape index (κ3) is 4.77. The lowest BCUT2D eigenvalue weighted by atomic mass is 9.84. The topological polar surface area (TPSA) is 17.8 Å². The first kappa shape index (κ1) is 30.8. The average Bonchev–Trinajstić information content (AvgIpc) is 3.77. The number of rotatable bonds is 7. The number of hydrogen-bond donors (Lipinski definition) is 0. The van der Waals surface area contributed by atoms with Crippen molar-refractivity contribution < 1.29 is 0 Å². The van der Waals surface area contributed by atoms with E-state index in [1.54, 1.807) is 0 Å². The molecule has 2 nitrogen and oxygen atoms in total. The van der Waals surface area contributed by atoms with Crippen LogP contribution < -0.4 is 0 Å². The van der Waals surface area contributed by atoms with E-state index in [0.29, 0.717) is 0 Å². The molecule has 0 amide bonds. The zero-order valence-electron chi connectivity index (χ0n) is 29.8. The highest BCUT2D eigenvalue weighted by Crippen LogP contribution is 2.51. The van der Waals surface area contributed by atoms with Crippen molar-refractivity contribution >= 4 is 43.4 Å². The van der Waals surface area contributed by atoms with E-state index in [1.165, 1.54) is 82.4 Å². The third-order valence-corrected chi connectivity index (χ3v) is 11.6. The van der Waals surface area contributed by atoms with Gasteiger partial charge in [-0.1, -0.05) is 170 Å². The van der Waals surface area contributed by atoms with E-state index in [4.69, 9.17) is 4.98 Å². The Bertz CT molecular complexity index is 2990. The molecule has 9 aromatic carbocycles. The highest BCUT2D eigenvalue weighted by atomic mass is 15.1. The molecule has 0 spiro atoms. The van der Waals surface area contributed by atoms with Crippen LogP contribution in [0.2, 0.25) is 0 Å². The summed E-state index contributed by atoms with van der Waals surface area (Å²) in [5.41, 5.74) is 15.4. The Kier molecular flexibility index (Phi) is 7.09. The fraction of sp³-hybridized carbons (Fsp3) is 0.0577. The van der Waals surface area contributed by atoms with Gasteiger partial charge in [0.15, 0.2) is 0 Å². The highest BCUT2D eigenvalue weighted by Gasteiger charge is 2.24. The van der Waals surface area contributed by atoms with Gasteiger partial charge in [-0.25, -0.2) is 4.98 Å². The van der Waals surface area contributed by atoms with Crippen LogP contribution in [0.5, 0.6) is 0 Å². The summed E-state index contributed by atoms with van der Waals surface area (Å²) in [5.74, 6) is 1.01. The largest absolute Gasteiger partial charge is 0.319 e. The predicted octanol–water partition coefficient (Wildman–Crippen LogP) is 13.3. The maximum absolute atomic E-state index is 5.11. The fourth-order valence-electron chi connectivity index (χ4n) is 9.23. The summed E-state index contributed by atoms with van der Waals surface area (Å²) in [6, 6.07) is 66.6. The lowest BCUT2D eigenvalue weighted by Gasteiger charge is -2.19. The number of para-hydroxylation sites is 2. The number of aryl methyl sites for hydroxylation is 2. The Morgan fingerprint density at radius 3 is 1.70 bits per heavy atom. The first-order valence-corrected chi connectivity index (χ1v) is 19.0. The second kappa shape index (κ2) is 12.4. The van der Waals surface area contributed by atoms with E-state index in [-0.39, 0.29) is 0 Å². The first-order chi connectivity index (χ1) is 26.8. The zero-order chi connectivity index (χ0) is 35.6. The molecule has 11 rings (SSSR count). The molecule has 0 saturated carbocycles. The van der Waals surface area contributed by atoms with Crippen molar-refractivity contribution in [1.82, 2.24) is 9.55 Å². The smallest absolute Gasteiger partial charge is 0.141 e. The average molecular weight is 689 g/mol. The van der Waals surface area contributed by atoms with E-state index >= 15 is 0 Å². The van der Waals surface area contributed by atoms with Crippen molar-refractivity contribution in [2.24, 2.45) is 0 Å². The van der Waals surface area contributed by atoms with Crippen molar-refractivity contribution in [3.63, 3.8) is 0 Å². The number of nitrogens with zero attached hydrogens (tertiary/aromatic N) is 2. The number of hydrogen-bond acceptors (Lipinski definition) is 1. The zero-order valence-corrected chi connectivity index (χ0v) is 29.8. The molecular formula is C52H36N2. The minimum Gasteiger partial charge on any atom is -0.319 e. The SMILES string of the molecule is c1ccc(-c2nc3ccccc3n2Cc2ccccc2CCc2c3ccccc3c(-c3ccc4c5c(cccc35)-c3ccccc3-4)c3ccccc23)cc1. The Morgan fingerprint density at radius 2 is 0.944 bits per heavy atom. The molecule has 0 unspecified atom stereocenters. The first-order valence-electron chi connectivity index (χ1n) is 19.0. The molecule has 1 aliphatic rings. The molecule has 0 saturated heterocycles. The molecule has 2 heteroatoms. The quantitative estimate of drug-likeness (QED) is 0.152. The Hall–Kier alpha value is -6.77. The van der Waals surface area contributed by atoms with Crippen molar-refractivity contribution in [2.45, 2.75) is 19.4 Å². The van der Waals surface area contributed by atoms with Crippen LogP contribution in [-0.4, -0.2) is 9.55 Å². The fourth-order valence-corrected chi connectivity index (χ4v) is 9.23. The summed E-state index contributed by atoms with van der Waals surface area (Å²) in [6.07, 6.45) is 1.88. The molecule has 0 bridgehead atoms. The third-order valence-electron chi connectivity index (χ3n) is 11.6. The van der Waals surface area contributed by atoms with E-state index in [1.807, 2.05) is 0 Å². The summed E-state index contributed by atoms with van der Waals surface area (Å²) in [5, 5.41) is 7.98. The van der Waals surface area contributed by atoms with E-state index in [2.05, 4.69) is 187 Å². The number of imidazole rings is 1. The van der Waals surface area contributed by atoms with Crippen LogP contribution in [0.3, 0.4) is 0 Å². The van der Waals surface area contributed by atoms with Crippen molar-refractivity contribution in [1.29, 1.82) is 0 Å². The molecular weight excluding hydrogens is 653 g/mol. The lowest BCUT2D eigenvalue weighted by molar-refractivity contribution is 0.813. The van der Waals surface area contributed by atoms with Crippen molar-refractivity contribution in [3.8, 4) is 44.8 Å². The minimum atomic E-state index is 0.760. The van der Waals surface area contributed by atoms with Crippen LogP contribution in [0.4, 0.5) is 0 Å². The van der Waals surface area contributed by atoms with E-state index in [0.717, 1.165) is 41.8 Å². The van der Waals surface area contributed by atoms with E-state index in [9.17, 15) is 0 Å². The van der Waals surface area contributed by atoms with Crippen LogP contribution in [0.15, 0.2) is 182 Å². The van der Waals surface area contributed by atoms with Crippen LogP contribution in [0, 0.1) is 0 Å². The molecule has 0 fully saturated rings. The maximum atomic E-state index is 5.11. The molecule has 0 aliphatic heterocycles. The summed E-state index contributed by atoms with van der Waals surface area (Å²) < 4.78 is 2.39. The van der Waals surface area contributed by atoms with Gasteiger partial charge in [-0.05, 0) is 107 Å². The van der Waals surface area contributed by atoms with Crippen molar-refractivity contribution in [2.75, 3.05) is 0 Å². The molecule has 1 heterocycles. The van der Waals surface area contributed by atoms with Gasteiger partial charge in [0.25, 0.3) is 0 Å². The lowest BCUT2D eigenvalue weighted by Crippen LogP contribution is -2.06. The predicted molar refractivity (Wildman–Crippen MR) is 227 cm³/mol. The van der Waals surface area contributed by atoms with Gasteiger partial charge in [0.1, 0.15) is 5.82 Å².